The Morgan fingerprint density at radius 2 is 1.17 bits per heavy atom. The minimum atomic E-state index is -0.814. The Morgan fingerprint density at radius 3 is 1.83 bits per heavy atom. The zero-order chi connectivity index (χ0) is 30.9. The maximum atomic E-state index is 12.1. The summed E-state index contributed by atoms with van der Waals surface area (Å²) in [6.07, 6.45) is 34.3. The van der Waals surface area contributed by atoms with Crippen molar-refractivity contribution in [2.75, 3.05) is 13.2 Å². The number of esters is 2. The highest BCUT2D eigenvalue weighted by Gasteiger charge is 2.15. The van der Waals surface area contributed by atoms with Crippen molar-refractivity contribution in [1.29, 1.82) is 0 Å². The maximum absolute atomic E-state index is 12.1. The first-order valence-electron chi connectivity index (χ1n) is 16.6. The first-order valence-corrected chi connectivity index (χ1v) is 16.6. The van der Waals surface area contributed by atoms with E-state index >= 15 is 0 Å². The molecule has 0 unspecified atom stereocenters. The van der Waals surface area contributed by atoms with Crippen LogP contribution in [-0.4, -0.2) is 42.1 Å². The van der Waals surface area contributed by atoms with Crippen molar-refractivity contribution < 1.29 is 29.0 Å². The minimum absolute atomic E-state index is 0.103. The fourth-order valence-electron chi connectivity index (χ4n) is 4.26. The molecule has 0 heterocycles. The van der Waals surface area contributed by atoms with Crippen molar-refractivity contribution in [3.8, 4) is 0 Å². The Hall–Kier alpha value is -2.47. The number of carbonyl (C=O) groups is 3. The van der Waals surface area contributed by atoms with Crippen molar-refractivity contribution in [1.82, 2.24) is 0 Å². The van der Waals surface area contributed by atoms with Crippen LogP contribution in [0.5, 0.6) is 0 Å². The second-order valence-corrected chi connectivity index (χ2v) is 10.9. The molecule has 0 radical (unpaired) electrons. The van der Waals surface area contributed by atoms with Crippen LogP contribution in [0.15, 0.2) is 48.6 Å². The van der Waals surface area contributed by atoms with Gasteiger partial charge in [0.25, 0.3) is 0 Å². The summed E-state index contributed by atoms with van der Waals surface area (Å²) < 4.78 is 10.5. The van der Waals surface area contributed by atoms with E-state index in [0.29, 0.717) is 19.3 Å². The van der Waals surface area contributed by atoms with Gasteiger partial charge in [0.2, 0.25) is 0 Å². The fraction of sp³-hybridized carbons (Fsp3) is 0.694. The first kappa shape index (κ1) is 39.5. The summed E-state index contributed by atoms with van der Waals surface area (Å²) in [5, 5.41) is 9.48. The summed E-state index contributed by atoms with van der Waals surface area (Å²) in [4.78, 5) is 35.7. The number of ketones is 1. The topological polar surface area (TPSA) is 89.9 Å². The highest BCUT2D eigenvalue weighted by molar-refractivity contribution is 5.89. The van der Waals surface area contributed by atoms with E-state index in [2.05, 4.69) is 32.1 Å². The molecule has 1 N–H and O–H groups in total. The van der Waals surface area contributed by atoms with E-state index < -0.39 is 12.1 Å². The smallest absolute Gasteiger partial charge is 0.306 e. The second kappa shape index (κ2) is 31.5. The molecule has 42 heavy (non-hydrogen) atoms. The third-order valence-corrected chi connectivity index (χ3v) is 6.85. The van der Waals surface area contributed by atoms with Crippen molar-refractivity contribution in [2.24, 2.45) is 0 Å². The molecule has 0 aliphatic rings. The lowest BCUT2D eigenvalue weighted by Gasteiger charge is -2.15. The molecule has 6 heteroatoms. The largest absolute Gasteiger partial charge is 0.462 e. The van der Waals surface area contributed by atoms with E-state index in [1.54, 1.807) is 6.08 Å². The zero-order valence-electron chi connectivity index (χ0n) is 26.7. The molecule has 0 amide bonds. The Morgan fingerprint density at radius 1 is 0.619 bits per heavy atom. The van der Waals surface area contributed by atoms with Crippen LogP contribution < -0.4 is 0 Å². The van der Waals surface area contributed by atoms with Crippen molar-refractivity contribution in [2.45, 2.75) is 148 Å². The highest BCUT2D eigenvalue weighted by atomic mass is 16.6. The molecular formula is C36H60O6. The summed E-state index contributed by atoms with van der Waals surface area (Å²) in [7, 11) is 0. The monoisotopic (exact) mass is 588 g/mol. The third kappa shape index (κ3) is 29.0. The van der Waals surface area contributed by atoms with Crippen LogP contribution in [0.3, 0.4) is 0 Å². The minimum Gasteiger partial charge on any atom is -0.462 e. The molecule has 0 bridgehead atoms. The van der Waals surface area contributed by atoms with Crippen LogP contribution in [0, 0.1) is 0 Å². The van der Waals surface area contributed by atoms with E-state index in [4.69, 9.17) is 9.47 Å². The van der Waals surface area contributed by atoms with Crippen LogP contribution in [0.25, 0.3) is 0 Å². The van der Waals surface area contributed by atoms with Crippen LogP contribution in [0.1, 0.15) is 142 Å². The molecule has 0 spiro atoms. The van der Waals surface area contributed by atoms with Crippen LogP contribution in [-0.2, 0) is 23.9 Å². The van der Waals surface area contributed by atoms with Gasteiger partial charge >= 0.3 is 11.9 Å². The number of unbranched alkanes of at least 4 members (excludes halogenated alkanes) is 12. The van der Waals surface area contributed by atoms with Gasteiger partial charge < -0.3 is 14.6 Å². The summed E-state index contributed by atoms with van der Waals surface area (Å²) in [5.74, 6) is -0.511. The Labute approximate surface area is 256 Å². The molecule has 0 aromatic carbocycles. The number of carbonyl (C=O) groups excluding carboxylic acids is 3. The summed E-state index contributed by atoms with van der Waals surface area (Å²) in [6.45, 7) is 3.89. The average Bonchev–Trinajstić information content (AvgIpc) is 2.98. The Balaban J connectivity index is 3.79. The fourth-order valence-corrected chi connectivity index (χ4v) is 4.26. The maximum Gasteiger partial charge on any atom is 0.306 e. The predicted octanol–water partition coefficient (Wildman–Crippen LogP) is 9.07. The molecule has 0 fully saturated rings. The molecule has 0 aliphatic heterocycles. The molecule has 240 valence electrons. The van der Waals surface area contributed by atoms with E-state index in [1.165, 1.54) is 44.9 Å². The van der Waals surface area contributed by atoms with Gasteiger partial charge in [-0.1, -0.05) is 127 Å². The van der Waals surface area contributed by atoms with Gasteiger partial charge in [0.15, 0.2) is 11.9 Å². The quantitative estimate of drug-likeness (QED) is 0.0308. The van der Waals surface area contributed by atoms with Gasteiger partial charge in [-0.05, 0) is 44.6 Å². The summed E-state index contributed by atoms with van der Waals surface area (Å²) in [6, 6.07) is 0. The van der Waals surface area contributed by atoms with Gasteiger partial charge in [-0.25, -0.2) is 0 Å². The normalized spacial score (nSPS) is 12.6. The molecule has 1 atom stereocenters. The van der Waals surface area contributed by atoms with E-state index in [0.717, 1.165) is 57.8 Å². The Kier molecular flexibility index (Phi) is 29.6. The van der Waals surface area contributed by atoms with Crippen molar-refractivity contribution >= 4 is 17.7 Å². The number of rotatable bonds is 29. The number of ether oxygens (including phenoxy) is 2. The van der Waals surface area contributed by atoms with Gasteiger partial charge in [0.05, 0.1) is 6.61 Å². The van der Waals surface area contributed by atoms with Gasteiger partial charge in [0, 0.05) is 19.3 Å². The lowest BCUT2D eigenvalue weighted by molar-refractivity contribution is -0.161. The first-order chi connectivity index (χ1) is 20.5. The van der Waals surface area contributed by atoms with Crippen LogP contribution in [0.2, 0.25) is 0 Å². The van der Waals surface area contributed by atoms with Crippen molar-refractivity contribution in [3.63, 3.8) is 0 Å². The number of aliphatic hydroxyl groups excluding tert-OH is 1. The average molecular weight is 589 g/mol. The summed E-state index contributed by atoms with van der Waals surface area (Å²) in [5.41, 5.74) is 0. The van der Waals surface area contributed by atoms with E-state index in [-0.39, 0.29) is 31.4 Å². The summed E-state index contributed by atoms with van der Waals surface area (Å²) >= 11 is 0. The van der Waals surface area contributed by atoms with Gasteiger partial charge in [-0.15, -0.1) is 0 Å². The lowest BCUT2D eigenvalue weighted by atomic mass is 10.1. The van der Waals surface area contributed by atoms with E-state index in [1.807, 2.05) is 24.3 Å². The van der Waals surface area contributed by atoms with Gasteiger partial charge in [-0.3, -0.25) is 14.4 Å². The number of hydrogen-bond acceptors (Lipinski definition) is 6. The van der Waals surface area contributed by atoms with Crippen LogP contribution in [0.4, 0.5) is 0 Å². The SMILES string of the molecule is CCCCCCCCCCCCC(=O)OC[C@H](CO)OC(=O)CCC/C=C\C/C=C\C/C=C\C=C\C(=O)CCCCC. The molecule has 0 rings (SSSR count). The zero-order valence-corrected chi connectivity index (χ0v) is 26.7. The standard InChI is InChI=1S/C36H60O6/c1-3-5-7-8-9-10-15-18-21-25-29-35(39)41-32-34(31-37)42-36(40)30-26-22-19-16-13-11-12-14-17-20-24-28-33(38)27-23-6-4-2/h11-12,16-17,19-20,24,28,34,37H,3-10,13-15,18,21-23,25-27,29-32H2,1-2H3/b12-11-,19-16-,20-17-,28-24+/t34-/m0/s1. The third-order valence-electron chi connectivity index (χ3n) is 6.85. The van der Waals surface area contributed by atoms with E-state index in [9.17, 15) is 19.5 Å². The molecular weight excluding hydrogens is 528 g/mol. The number of allylic oxidation sites excluding steroid dienone is 8. The number of aliphatic hydroxyl groups is 1. The Bertz CT molecular complexity index is 780. The van der Waals surface area contributed by atoms with Gasteiger partial charge in [-0.2, -0.15) is 0 Å². The van der Waals surface area contributed by atoms with Gasteiger partial charge in [0.1, 0.15) is 6.61 Å². The highest BCUT2D eigenvalue weighted by Crippen LogP contribution is 2.12. The van der Waals surface area contributed by atoms with Crippen LogP contribution >= 0.6 is 0 Å². The predicted molar refractivity (Wildman–Crippen MR) is 173 cm³/mol. The molecule has 0 aromatic heterocycles. The lowest BCUT2D eigenvalue weighted by Crippen LogP contribution is -2.28. The second-order valence-electron chi connectivity index (χ2n) is 10.9. The van der Waals surface area contributed by atoms with Crippen molar-refractivity contribution in [3.05, 3.63) is 48.6 Å². The molecule has 6 nitrogen and oxygen atoms in total. The number of hydrogen-bond donors (Lipinski definition) is 1. The molecule has 0 saturated heterocycles. The molecule has 0 saturated carbocycles. The molecule has 0 aromatic rings. The molecule has 0 aliphatic carbocycles.